The fourth-order valence-corrected chi connectivity index (χ4v) is 8.05. The molecule has 17 heteroatoms. The molecule has 0 saturated heterocycles. The molecule has 0 spiro atoms. The van der Waals surface area contributed by atoms with E-state index in [-0.39, 0.29) is 67.6 Å². The Bertz CT molecular complexity index is 1810. The number of carboxylic acid groups (broad SMARTS) is 1. The van der Waals surface area contributed by atoms with Gasteiger partial charge in [0.1, 0.15) is 17.1 Å². The second kappa shape index (κ2) is 14.5. The number of hydrogen-bond donors (Lipinski definition) is 4. The zero-order chi connectivity index (χ0) is 36.4. The number of aliphatic hydroxyl groups is 1. The van der Waals surface area contributed by atoms with E-state index in [4.69, 9.17) is 13.8 Å². The number of nitrogens with zero attached hydrogens (tertiary/aromatic N) is 3. The first-order chi connectivity index (χ1) is 23.6. The van der Waals surface area contributed by atoms with Gasteiger partial charge < -0.3 is 39.5 Å². The topological polar surface area (TPSA) is 172 Å². The summed E-state index contributed by atoms with van der Waals surface area (Å²) >= 11 is 0. The third-order valence-electron chi connectivity index (χ3n) is 8.84. The fraction of sp³-hybridized carbons (Fsp3) is 0.455. The first-order valence-corrected chi connectivity index (χ1v) is 17.7. The number of carbonyl (C=O) groups excluding carboxylic acids is 1. The number of methoxy groups -OCH3 is 1. The molecule has 2 heterocycles. The first-order valence-electron chi connectivity index (χ1n) is 16.0. The third-order valence-corrected chi connectivity index (χ3v) is 10.9. The van der Waals surface area contributed by atoms with Crippen molar-refractivity contribution >= 4 is 42.6 Å². The van der Waals surface area contributed by atoms with Gasteiger partial charge >= 0.3 is 19.7 Å². The van der Waals surface area contributed by atoms with Crippen LogP contribution in [-0.4, -0.2) is 69.9 Å². The SMILES string of the molecule is CCOP(=O)(Cc1ccc(Nc2ncc(C(F)(F)F)c(Nc3ccc(C4CCC(O)(C(=O)O)CC4)c4c3C(=O)N(C)C4)n2)c(OC)c1)OCC. The lowest BCUT2D eigenvalue weighted by Gasteiger charge is -2.33. The molecule has 1 amide bonds. The normalized spacial score (nSPS) is 19.3. The van der Waals surface area contributed by atoms with E-state index in [1.54, 1.807) is 45.2 Å². The van der Waals surface area contributed by atoms with Gasteiger partial charge in [-0.25, -0.2) is 9.78 Å². The van der Waals surface area contributed by atoms with E-state index in [0.717, 1.165) is 5.56 Å². The molecule has 13 nitrogen and oxygen atoms in total. The minimum Gasteiger partial charge on any atom is -0.495 e. The van der Waals surface area contributed by atoms with Crippen molar-refractivity contribution in [3.05, 3.63) is 64.3 Å². The Hall–Kier alpha value is -4.24. The number of rotatable bonds is 13. The predicted molar refractivity (Wildman–Crippen MR) is 177 cm³/mol. The van der Waals surface area contributed by atoms with E-state index < -0.39 is 42.6 Å². The van der Waals surface area contributed by atoms with Crippen LogP contribution >= 0.6 is 7.60 Å². The smallest absolute Gasteiger partial charge is 0.421 e. The number of ether oxygens (including phenoxy) is 1. The zero-order valence-electron chi connectivity index (χ0n) is 28.0. The van der Waals surface area contributed by atoms with E-state index in [9.17, 15) is 37.5 Å². The molecule has 1 saturated carbocycles. The van der Waals surface area contributed by atoms with E-state index in [1.165, 1.54) is 18.1 Å². The van der Waals surface area contributed by atoms with Gasteiger partial charge in [0.15, 0.2) is 5.60 Å². The van der Waals surface area contributed by atoms with Crippen molar-refractivity contribution in [3.8, 4) is 5.75 Å². The van der Waals surface area contributed by atoms with Crippen molar-refractivity contribution < 1.29 is 51.3 Å². The number of aromatic nitrogens is 2. The average molecular weight is 722 g/mol. The lowest BCUT2D eigenvalue weighted by Crippen LogP contribution is -2.41. The lowest BCUT2D eigenvalue weighted by molar-refractivity contribution is -0.162. The minimum absolute atomic E-state index is 0.0293. The molecule has 0 unspecified atom stereocenters. The second-order valence-corrected chi connectivity index (χ2v) is 14.2. The van der Waals surface area contributed by atoms with Crippen molar-refractivity contribution in [1.29, 1.82) is 0 Å². The Labute approximate surface area is 286 Å². The molecule has 0 bridgehead atoms. The van der Waals surface area contributed by atoms with Crippen LogP contribution in [0.15, 0.2) is 36.5 Å². The van der Waals surface area contributed by atoms with E-state index in [0.29, 0.717) is 35.9 Å². The number of fused-ring (bicyclic) bond motifs is 1. The molecule has 3 aromatic rings. The summed E-state index contributed by atoms with van der Waals surface area (Å²) in [6.45, 7) is 3.99. The predicted octanol–water partition coefficient (Wildman–Crippen LogP) is 6.82. The number of halogens is 3. The lowest BCUT2D eigenvalue weighted by atomic mass is 9.74. The molecule has 1 aliphatic carbocycles. The Morgan fingerprint density at radius 1 is 1.10 bits per heavy atom. The van der Waals surface area contributed by atoms with Crippen LogP contribution in [0.1, 0.15) is 78.1 Å². The number of nitrogens with one attached hydrogen (secondary N) is 2. The van der Waals surface area contributed by atoms with Crippen LogP contribution < -0.4 is 15.4 Å². The van der Waals surface area contributed by atoms with Crippen LogP contribution in [0, 0.1) is 0 Å². The van der Waals surface area contributed by atoms with E-state index in [2.05, 4.69) is 20.6 Å². The van der Waals surface area contributed by atoms with Gasteiger partial charge in [-0.1, -0.05) is 12.1 Å². The average Bonchev–Trinajstić information content (AvgIpc) is 3.36. The molecule has 1 aliphatic heterocycles. The number of alkyl halides is 3. The maximum atomic E-state index is 14.2. The van der Waals surface area contributed by atoms with Crippen LogP contribution in [0.3, 0.4) is 0 Å². The van der Waals surface area contributed by atoms with Crippen molar-refractivity contribution in [1.82, 2.24) is 14.9 Å². The van der Waals surface area contributed by atoms with Gasteiger partial charge in [-0.2, -0.15) is 18.2 Å². The summed E-state index contributed by atoms with van der Waals surface area (Å²) in [6.07, 6.45) is -3.45. The molecule has 4 N–H and O–H groups in total. The standard InChI is InChI=1S/C33H39F3N5O8P/c1-5-48-50(46,49-6-2)18-19-7-9-24(26(15-19)47-4)39-31-37-16-23(33(34,35)36)28(40-31)38-25-10-8-21(22-17-41(3)29(42)27(22)25)20-11-13-32(45,14-12-20)30(43)44/h7-10,15-16,20,45H,5-6,11-14,17-18H2,1-4H3,(H,43,44)(H2,37,38,39,40). The van der Waals surface area contributed by atoms with Crippen molar-refractivity contribution in [3.63, 3.8) is 0 Å². The van der Waals surface area contributed by atoms with Crippen LogP contribution in [0.25, 0.3) is 0 Å². The van der Waals surface area contributed by atoms with E-state index in [1.807, 2.05) is 0 Å². The molecule has 2 aromatic carbocycles. The summed E-state index contributed by atoms with van der Waals surface area (Å²) in [5, 5.41) is 25.4. The summed E-state index contributed by atoms with van der Waals surface area (Å²) in [7, 11) is -0.445. The van der Waals surface area contributed by atoms with Crippen LogP contribution in [0.5, 0.6) is 5.75 Å². The fourth-order valence-electron chi connectivity index (χ4n) is 6.36. The molecule has 5 rings (SSSR count). The first kappa shape index (κ1) is 37.0. The van der Waals surface area contributed by atoms with Gasteiger partial charge in [0.2, 0.25) is 5.95 Å². The Kier molecular flexibility index (Phi) is 10.8. The van der Waals surface area contributed by atoms with Gasteiger partial charge in [0.05, 0.1) is 43.4 Å². The van der Waals surface area contributed by atoms with Crippen molar-refractivity contribution in [2.75, 3.05) is 38.0 Å². The van der Waals surface area contributed by atoms with Crippen LogP contribution in [0.2, 0.25) is 0 Å². The van der Waals surface area contributed by atoms with Crippen molar-refractivity contribution in [2.24, 2.45) is 0 Å². The highest BCUT2D eigenvalue weighted by atomic mass is 31.2. The summed E-state index contributed by atoms with van der Waals surface area (Å²) in [6, 6.07) is 8.05. The van der Waals surface area contributed by atoms with Gasteiger partial charge in [-0.15, -0.1) is 0 Å². The molecular formula is C33H39F3N5O8P. The summed E-state index contributed by atoms with van der Waals surface area (Å²) in [4.78, 5) is 34.4. The molecule has 1 fully saturated rings. The molecule has 1 aromatic heterocycles. The van der Waals surface area contributed by atoms with Gasteiger partial charge in [0.25, 0.3) is 5.91 Å². The Balaban J connectivity index is 1.45. The maximum Gasteiger partial charge on any atom is 0.421 e. The number of hydrogen-bond acceptors (Lipinski definition) is 11. The second-order valence-electron chi connectivity index (χ2n) is 12.2. The summed E-state index contributed by atoms with van der Waals surface area (Å²) < 4.78 is 71.9. The van der Waals surface area contributed by atoms with Gasteiger partial charge in [-0.3, -0.25) is 9.36 Å². The summed E-state index contributed by atoms with van der Waals surface area (Å²) in [5.74, 6) is -2.36. The largest absolute Gasteiger partial charge is 0.495 e. The maximum absolute atomic E-state index is 14.2. The molecule has 270 valence electrons. The monoisotopic (exact) mass is 721 g/mol. The number of anilines is 4. The van der Waals surface area contributed by atoms with E-state index >= 15 is 0 Å². The van der Waals surface area contributed by atoms with Gasteiger partial charge in [0, 0.05) is 19.8 Å². The Morgan fingerprint density at radius 3 is 2.36 bits per heavy atom. The van der Waals surface area contributed by atoms with Gasteiger partial charge in [-0.05, 0) is 80.3 Å². The zero-order valence-corrected chi connectivity index (χ0v) is 28.9. The highest BCUT2D eigenvalue weighted by Gasteiger charge is 2.42. The van der Waals surface area contributed by atoms with Crippen LogP contribution in [0.4, 0.5) is 36.3 Å². The third kappa shape index (κ3) is 7.73. The minimum atomic E-state index is -4.85. The highest BCUT2D eigenvalue weighted by molar-refractivity contribution is 7.53. The molecule has 2 aliphatic rings. The van der Waals surface area contributed by atoms with Crippen molar-refractivity contribution in [2.45, 2.75) is 69.9 Å². The Morgan fingerprint density at radius 2 is 1.76 bits per heavy atom. The molecule has 0 atom stereocenters. The quantitative estimate of drug-likeness (QED) is 0.136. The molecule has 0 radical (unpaired) electrons. The number of carbonyl (C=O) groups is 2. The molecular weight excluding hydrogens is 682 g/mol. The van der Waals surface area contributed by atoms with Crippen LogP contribution in [-0.2, 0) is 37.3 Å². The number of benzene rings is 2. The summed E-state index contributed by atoms with van der Waals surface area (Å²) in [5.41, 5.74) is -0.377. The highest BCUT2D eigenvalue weighted by Crippen LogP contribution is 2.52. The number of aliphatic carboxylic acids is 1. The molecule has 50 heavy (non-hydrogen) atoms. The number of amides is 1. The number of carboxylic acids is 1.